The summed E-state index contributed by atoms with van der Waals surface area (Å²) in [6.45, 7) is 4.36. The molecule has 1 aliphatic rings. The molecule has 0 heterocycles. The smallest absolute Gasteiger partial charge is 0.0426 e. The van der Waals surface area contributed by atoms with Crippen LogP contribution in [0.5, 0.6) is 0 Å². The monoisotopic (exact) mass is 238 g/mol. The molecule has 1 aromatic rings. The van der Waals surface area contributed by atoms with Crippen molar-refractivity contribution in [1.82, 2.24) is 0 Å². The normalized spacial score (nSPS) is 18.7. The van der Waals surface area contributed by atoms with E-state index in [-0.39, 0.29) is 0 Å². The van der Waals surface area contributed by atoms with Gasteiger partial charge >= 0.3 is 0 Å². The quantitative estimate of drug-likeness (QED) is 0.680. The van der Waals surface area contributed by atoms with E-state index < -0.39 is 0 Å². The maximum absolute atomic E-state index is 3.79. The van der Waals surface area contributed by atoms with E-state index in [4.69, 9.17) is 0 Å². The molecular formula is C12H15Br. The fourth-order valence-electron chi connectivity index (χ4n) is 1.78. The summed E-state index contributed by atoms with van der Waals surface area (Å²) < 4.78 is 0. The molecule has 70 valence electrons. The summed E-state index contributed by atoms with van der Waals surface area (Å²) in [4.78, 5) is 0.591. The molecule has 1 aromatic carbocycles. The molecule has 13 heavy (non-hydrogen) atoms. The van der Waals surface area contributed by atoms with Crippen molar-refractivity contribution in [2.24, 2.45) is 5.92 Å². The first kappa shape index (κ1) is 9.26. The molecule has 0 aliphatic heterocycles. The summed E-state index contributed by atoms with van der Waals surface area (Å²) >= 11 is 3.79. The molecular weight excluding hydrogens is 224 g/mol. The minimum absolute atomic E-state index is 0.591. The Labute approximate surface area is 88.5 Å². The van der Waals surface area contributed by atoms with Crippen molar-refractivity contribution in [2.75, 3.05) is 0 Å². The highest BCUT2D eigenvalue weighted by atomic mass is 79.9. The number of hydrogen-bond acceptors (Lipinski definition) is 0. The zero-order valence-electron chi connectivity index (χ0n) is 8.18. The van der Waals surface area contributed by atoms with Crippen LogP contribution < -0.4 is 0 Å². The molecule has 1 atom stereocenters. The van der Waals surface area contributed by atoms with Gasteiger partial charge in [-0.15, -0.1) is 0 Å². The average molecular weight is 239 g/mol. The Morgan fingerprint density at radius 3 is 2.54 bits per heavy atom. The summed E-state index contributed by atoms with van der Waals surface area (Å²) in [5.41, 5.74) is 4.26. The third-order valence-electron chi connectivity index (χ3n) is 2.76. The summed E-state index contributed by atoms with van der Waals surface area (Å²) in [6, 6.07) is 6.74. The third kappa shape index (κ3) is 1.96. The van der Waals surface area contributed by atoms with Gasteiger partial charge in [-0.25, -0.2) is 0 Å². The van der Waals surface area contributed by atoms with Crippen LogP contribution in [-0.2, 0) is 0 Å². The summed E-state index contributed by atoms with van der Waals surface area (Å²) in [7, 11) is 0. The minimum atomic E-state index is 0.591. The lowest BCUT2D eigenvalue weighted by atomic mass is 10.0. The molecule has 0 bridgehead atoms. The molecule has 0 N–H and O–H groups in total. The van der Waals surface area contributed by atoms with E-state index >= 15 is 0 Å². The molecule has 0 amide bonds. The number of rotatable bonds is 2. The van der Waals surface area contributed by atoms with Crippen molar-refractivity contribution in [3.8, 4) is 0 Å². The molecule has 0 radical (unpaired) electrons. The van der Waals surface area contributed by atoms with E-state index in [9.17, 15) is 0 Å². The van der Waals surface area contributed by atoms with Gasteiger partial charge in [0.05, 0.1) is 0 Å². The highest BCUT2D eigenvalue weighted by molar-refractivity contribution is 9.09. The van der Waals surface area contributed by atoms with Crippen molar-refractivity contribution in [3.63, 3.8) is 0 Å². The van der Waals surface area contributed by atoms with Gasteiger partial charge < -0.3 is 0 Å². The van der Waals surface area contributed by atoms with Gasteiger partial charge in [-0.2, -0.15) is 0 Å². The van der Waals surface area contributed by atoms with Crippen molar-refractivity contribution in [3.05, 3.63) is 34.9 Å². The van der Waals surface area contributed by atoms with E-state index in [1.165, 1.54) is 29.5 Å². The second-order valence-corrected chi connectivity index (χ2v) is 5.09. The Morgan fingerprint density at radius 2 is 2.00 bits per heavy atom. The molecule has 0 spiro atoms. The number of alkyl halides is 1. The Hall–Kier alpha value is -0.300. The van der Waals surface area contributed by atoms with Crippen LogP contribution in [0, 0.1) is 19.8 Å². The van der Waals surface area contributed by atoms with E-state index in [1.807, 2.05) is 0 Å². The molecule has 1 unspecified atom stereocenters. The fraction of sp³-hybridized carbons (Fsp3) is 0.500. The molecule has 1 fully saturated rings. The molecule has 0 aromatic heterocycles. The van der Waals surface area contributed by atoms with Crippen LogP contribution in [0.2, 0.25) is 0 Å². The molecule has 0 nitrogen and oxygen atoms in total. The van der Waals surface area contributed by atoms with E-state index in [0.29, 0.717) is 4.83 Å². The summed E-state index contributed by atoms with van der Waals surface area (Å²) in [5, 5.41) is 0. The van der Waals surface area contributed by atoms with Gasteiger partial charge in [0.15, 0.2) is 0 Å². The van der Waals surface area contributed by atoms with Crippen LogP contribution >= 0.6 is 15.9 Å². The Bertz CT molecular complexity index is 313. The predicted molar refractivity (Wildman–Crippen MR) is 60.3 cm³/mol. The highest BCUT2D eigenvalue weighted by Crippen LogP contribution is 2.47. The second kappa shape index (κ2) is 3.45. The molecule has 2 rings (SSSR count). The van der Waals surface area contributed by atoms with Crippen LogP contribution in [0.1, 0.15) is 34.4 Å². The Balaban J connectivity index is 2.28. The van der Waals surface area contributed by atoms with Crippen LogP contribution in [0.25, 0.3) is 0 Å². The van der Waals surface area contributed by atoms with Gasteiger partial charge in [0.25, 0.3) is 0 Å². The largest absolute Gasteiger partial charge is 0.0836 e. The van der Waals surface area contributed by atoms with Crippen LogP contribution in [0.4, 0.5) is 0 Å². The molecule has 1 saturated carbocycles. The van der Waals surface area contributed by atoms with E-state index in [2.05, 4.69) is 48.0 Å². The van der Waals surface area contributed by atoms with Crippen molar-refractivity contribution in [2.45, 2.75) is 31.5 Å². The zero-order chi connectivity index (χ0) is 9.42. The van der Waals surface area contributed by atoms with Crippen LogP contribution in [0.15, 0.2) is 18.2 Å². The Morgan fingerprint density at radius 1 is 1.31 bits per heavy atom. The number of benzene rings is 1. The number of aryl methyl sites for hydroxylation is 2. The topological polar surface area (TPSA) is 0 Å². The van der Waals surface area contributed by atoms with Gasteiger partial charge in [0.2, 0.25) is 0 Å². The van der Waals surface area contributed by atoms with E-state index in [0.717, 1.165) is 5.92 Å². The van der Waals surface area contributed by atoms with Gasteiger partial charge in [-0.1, -0.05) is 39.7 Å². The lowest BCUT2D eigenvalue weighted by molar-refractivity contribution is 0.816. The fourth-order valence-corrected chi connectivity index (χ4v) is 2.82. The number of hydrogen-bond donors (Lipinski definition) is 0. The second-order valence-electron chi connectivity index (χ2n) is 4.10. The summed E-state index contributed by atoms with van der Waals surface area (Å²) in [6.07, 6.45) is 2.78. The number of halogens is 1. The molecule has 1 aliphatic carbocycles. The standard InChI is InChI=1S/C12H15Br/c1-8-3-6-11(9(2)7-8)12(13)10-4-5-10/h3,6-7,10,12H,4-5H2,1-2H3. The SMILES string of the molecule is Cc1ccc(C(Br)C2CC2)c(C)c1. The van der Waals surface area contributed by atoms with E-state index in [1.54, 1.807) is 0 Å². The van der Waals surface area contributed by atoms with Gasteiger partial charge in [-0.05, 0) is 43.7 Å². The maximum Gasteiger partial charge on any atom is 0.0426 e. The zero-order valence-corrected chi connectivity index (χ0v) is 9.76. The van der Waals surface area contributed by atoms with Gasteiger partial charge in [0.1, 0.15) is 0 Å². The molecule has 0 saturated heterocycles. The molecule has 1 heteroatoms. The van der Waals surface area contributed by atoms with Crippen LogP contribution in [-0.4, -0.2) is 0 Å². The lowest BCUT2D eigenvalue weighted by Gasteiger charge is -2.12. The first-order valence-corrected chi connectivity index (χ1v) is 5.81. The van der Waals surface area contributed by atoms with Gasteiger partial charge in [-0.3, -0.25) is 0 Å². The predicted octanol–water partition coefficient (Wildman–Crippen LogP) is 4.15. The first-order valence-electron chi connectivity index (χ1n) is 4.89. The van der Waals surface area contributed by atoms with Crippen LogP contribution in [0.3, 0.4) is 0 Å². The highest BCUT2D eigenvalue weighted by Gasteiger charge is 2.30. The van der Waals surface area contributed by atoms with Gasteiger partial charge in [0, 0.05) is 4.83 Å². The van der Waals surface area contributed by atoms with Crippen molar-refractivity contribution >= 4 is 15.9 Å². The maximum atomic E-state index is 3.79. The minimum Gasteiger partial charge on any atom is -0.0836 e. The average Bonchev–Trinajstić information content (AvgIpc) is 2.85. The third-order valence-corrected chi connectivity index (χ3v) is 4.00. The van der Waals surface area contributed by atoms with Crippen molar-refractivity contribution < 1.29 is 0 Å². The van der Waals surface area contributed by atoms with Crippen molar-refractivity contribution in [1.29, 1.82) is 0 Å². The summed E-state index contributed by atoms with van der Waals surface area (Å²) in [5.74, 6) is 0.890. The lowest BCUT2D eigenvalue weighted by Crippen LogP contribution is -1.95. The Kier molecular flexibility index (Phi) is 2.46. The first-order chi connectivity index (χ1) is 6.18.